The van der Waals surface area contributed by atoms with E-state index in [-0.39, 0.29) is 30.4 Å². The summed E-state index contributed by atoms with van der Waals surface area (Å²) in [6.45, 7) is 2.03. The van der Waals surface area contributed by atoms with Gasteiger partial charge in [0, 0.05) is 34.3 Å². The molecule has 1 aliphatic heterocycles. The molecule has 0 saturated heterocycles. The van der Waals surface area contributed by atoms with Crippen LogP contribution in [0.3, 0.4) is 0 Å². The number of hydrogen-bond acceptors (Lipinski definition) is 2. The van der Waals surface area contributed by atoms with E-state index in [0.717, 1.165) is 34.9 Å². The number of nitrogens with one attached hydrogen (secondary N) is 2. The maximum Gasteiger partial charge on any atom is 0.255 e. The van der Waals surface area contributed by atoms with Crippen molar-refractivity contribution < 1.29 is 9.59 Å². The number of para-hydroxylation sites is 1. The molecule has 2 amide bonds. The van der Waals surface area contributed by atoms with Gasteiger partial charge < -0.3 is 15.2 Å². The van der Waals surface area contributed by atoms with E-state index in [0.29, 0.717) is 5.56 Å². The first kappa shape index (κ1) is 21.0. The van der Waals surface area contributed by atoms with Crippen LogP contribution in [0.15, 0.2) is 85.1 Å². The van der Waals surface area contributed by atoms with Crippen molar-refractivity contribution >= 4 is 22.7 Å². The van der Waals surface area contributed by atoms with Gasteiger partial charge in [-0.2, -0.15) is 0 Å². The second kappa shape index (κ2) is 8.94. The Kier molecular flexibility index (Phi) is 5.69. The van der Waals surface area contributed by atoms with Crippen LogP contribution in [0.1, 0.15) is 46.4 Å². The summed E-state index contributed by atoms with van der Waals surface area (Å²) in [5.74, 6) is -0.241. The highest BCUT2D eigenvalue weighted by atomic mass is 16.2. The number of aryl methyl sites for hydroxylation is 1. The standard InChI is InChI=1S/C28H27N3O2/c1-19(15-16-20-9-3-2-4-10-20)30-26(32)18-31-27(22-12-5-6-13-23(22)28(31)33)24-17-29-25-14-8-7-11-21(24)25/h2-14,17,19,27,29H,15-16,18H2,1H3,(H,30,32). The molecule has 0 fully saturated rings. The Morgan fingerprint density at radius 3 is 2.55 bits per heavy atom. The van der Waals surface area contributed by atoms with Crippen LogP contribution in [-0.2, 0) is 11.2 Å². The van der Waals surface area contributed by atoms with Crippen LogP contribution in [0, 0.1) is 0 Å². The van der Waals surface area contributed by atoms with Gasteiger partial charge in [0.05, 0.1) is 6.04 Å². The van der Waals surface area contributed by atoms with Gasteiger partial charge in [-0.1, -0.05) is 66.7 Å². The number of H-pyrrole nitrogens is 1. The third-order valence-electron chi connectivity index (χ3n) is 6.40. The lowest BCUT2D eigenvalue weighted by Crippen LogP contribution is -2.42. The van der Waals surface area contributed by atoms with Gasteiger partial charge in [0.15, 0.2) is 0 Å². The minimum atomic E-state index is -0.296. The molecule has 0 aliphatic carbocycles. The number of rotatable bonds is 7. The highest BCUT2D eigenvalue weighted by Crippen LogP contribution is 2.40. The summed E-state index contributed by atoms with van der Waals surface area (Å²) in [7, 11) is 0. The van der Waals surface area contributed by atoms with Crippen molar-refractivity contribution in [2.75, 3.05) is 6.54 Å². The summed E-state index contributed by atoms with van der Waals surface area (Å²) in [6.07, 6.45) is 3.70. The van der Waals surface area contributed by atoms with Gasteiger partial charge in [-0.3, -0.25) is 9.59 Å². The van der Waals surface area contributed by atoms with Crippen molar-refractivity contribution in [3.05, 3.63) is 107 Å². The minimum Gasteiger partial charge on any atom is -0.361 e. The highest BCUT2D eigenvalue weighted by Gasteiger charge is 2.39. The quantitative estimate of drug-likeness (QED) is 0.434. The van der Waals surface area contributed by atoms with Crippen molar-refractivity contribution in [3.8, 4) is 0 Å². The van der Waals surface area contributed by atoms with E-state index in [1.165, 1.54) is 5.56 Å². The summed E-state index contributed by atoms with van der Waals surface area (Å²) in [5.41, 5.74) is 4.88. The van der Waals surface area contributed by atoms with E-state index in [1.807, 2.05) is 73.8 Å². The molecule has 0 spiro atoms. The Morgan fingerprint density at radius 1 is 0.970 bits per heavy atom. The number of aromatic nitrogens is 1. The first-order chi connectivity index (χ1) is 16.1. The van der Waals surface area contributed by atoms with Crippen LogP contribution in [0.5, 0.6) is 0 Å². The third kappa shape index (κ3) is 4.14. The number of carbonyl (C=O) groups excluding carboxylic acids is 2. The molecule has 1 aliphatic rings. The predicted octanol–water partition coefficient (Wildman–Crippen LogP) is 4.85. The van der Waals surface area contributed by atoms with Crippen LogP contribution in [0.4, 0.5) is 0 Å². The zero-order valence-electron chi connectivity index (χ0n) is 18.6. The average molecular weight is 438 g/mol. The van der Waals surface area contributed by atoms with Crippen molar-refractivity contribution in [2.24, 2.45) is 0 Å². The fourth-order valence-corrected chi connectivity index (χ4v) is 4.76. The van der Waals surface area contributed by atoms with Gasteiger partial charge in [-0.05, 0) is 43.0 Å². The monoisotopic (exact) mass is 437 g/mol. The average Bonchev–Trinajstić information content (AvgIpc) is 3.37. The SMILES string of the molecule is CC(CCc1ccccc1)NC(=O)CN1C(=O)c2ccccc2C1c1c[nH]c2ccccc12. The molecule has 2 heterocycles. The first-order valence-electron chi connectivity index (χ1n) is 11.4. The fourth-order valence-electron chi connectivity index (χ4n) is 4.76. The van der Waals surface area contributed by atoms with Crippen LogP contribution in [0.2, 0.25) is 0 Å². The number of fused-ring (bicyclic) bond motifs is 2. The molecule has 0 saturated carbocycles. The lowest BCUT2D eigenvalue weighted by molar-refractivity contribution is -0.122. The second-order valence-electron chi connectivity index (χ2n) is 8.71. The highest BCUT2D eigenvalue weighted by molar-refractivity contribution is 6.02. The Bertz CT molecular complexity index is 1290. The predicted molar refractivity (Wildman–Crippen MR) is 130 cm³/mol. The molecular weight excluding hydrogens is 410 g/mol. The molecule has 2 N–H and O–H groups in total. The van der Waals surface area contributed by atoms with Gasteiger partial charge in [-0.25, -0.2) is 0 Å². The van der Waals surface area contributed by atoms with Gasteiger partial charge >= 0.3 is 0 Å². The molecule has 4 aromatic rings. The molecule has 5 nitrogen and oxygen atoms in total. The smallest absolute Gasteiger partial charge is 0.255 e. The van der Waals surface area contributed by atoms with E-state index >= 15 is 0 Å². The molecule has 33 heavy (non-hydrogen) atoms. The van der Waals surface area contributed by atoms with E-state index in [2.05, 4.69) is 28.5 Å². The van der Waals surface area contributed by atoms with E-state index in [9.17, 15) is 9.59 Å². The van der Waals surface area contributed by atoms with Crippen LogP contribution >= 0.6 is 0 Å². The molecule has 3 aromatic carbocycles. The zero-order chi connectivity index (χ0) is 22.8. The number of nitrogens with zero attached hydrogens (tertiary/aromatic N) is 1. The summed E-state index contributed by atoms with van der Waals surface area (Å²) >= 11 is 0. The molecule has 166 valence electrons. The van der Waals surface area contributed by atoms with Crippen LogP contribution in [-0.4, -0.2) is 34.3 Å². The molecule has 0 bridgehead atoms. The Morgan fingerprint density at radius 2 is 1.70 bits per heavy atom. The van der Waals surface area contributed by atoms with Gasteiger partial charge in [0.2, 0.25) is 5.91 Å². The lowest BCUT2D eigenvalue weighted by atomic mass is 9.97. The Balaban J connectivity index is 1.35. The summed E-state index contributed by atoms with van der Waals surface area (Å²) in [6, 6.07) is 25.7. The number of carbonyl (C=O) groups is 2. The van der Waals surface area contributed by atoms with Crippen LogP contribution in [0.25, 0.3) is 10.9 Å². The van der Waals surface area contributed by atoms with Gasteiger partial charge in [0.25, 0.3) is 5.91 Å². The summed E-state index contributed by atoms with van der Waals surface area (Å²) in [5, 5.41) is 4.15. The fraction of sp³-hybridized carbons (Fsp3) is 0.214. The molecular formula is C28H27N3O2. The first-order valence-corrected chi connectivity index (χ1v) is 11.4. The number of aromatic amines is 1. The Hall–Kier alpha value is -3.86. The molecule has 2 unspecified atom stereocenters. The van der Waals surface area contributed by atoms with E-state index in [1.54, 1.807) is 4.90 Å². The molecule has 5 heteroatoms. The number of hydrogen-bond donors (Lipinski definition) is 2. The zero-order valence-corrected chi connectivity index (χ0v) is 18.6. The van der Waals surface area contributed by atoms with Crippen molar-refractivity contribution in [1.82, 2.24) is 15.2 Å². The summed E-state index contributed by atoms with van der Waals surface area (Å²) in [4.78, 5) is 31.3. The van der Waals surface area contributed by atoms with Gasteiger partial charge in [-0.15, -0.1) is 0 Å². The minimum absolute atomic E-state index is 0.0179. The maximum atomic E-state index is 13.3. The Labute approximate surface area is 193 Å². The normalized spacial score (nSPS) is 16.1. The third-order valence-corrected chi connectivity index (χ3v) is 6.40. The van der Waals surface area contributed by atoms with Crippen molar-refractivity contribution in [2.45, 2.75) is 31.8 Å². The maximum absolute atomic E-state index is 13.3. The molecule has 1 aromatic heterocycles. The van der Waals surface area contributed by atoms with E-state index in [4.69, 9.17) is 0 Å². The largest absolute Gasteiger partial charge is 0.361 e. The second-order valence-corrected chi connectivity index (χ2v) is 8.71. The molecule has 0 radical (unpaired) electrons. The number of amides is 2. The summed E-state index contributed by atoms with van der Waals surface area (Å²) < 4.78 is 0. The lowest BCUT2D eigenvalue weighted by Gasteiger charge is -2.26. The van der Waals surface area contributed by atoms with Gasteiger partial charge in [0.1, 0.15) is 6.54 Å². The topological polar surface area (TPSA) is 65.2 Å². The molecule has 5 rings (SSSR count). The van der Waals surface area contributed by atoms with E-state index < -0.39 is 0 Å². The van der Waals surface area contributed by atoms with Crippen LogP contribution < -0.4 is 5.32 Å². The van der Waals surface area contributed by atoms with Crippen molar-refractivity contribution in [3.63, 3.8) is 0 Å². The van der Waals surface area contributed by atoms with Crippen molar-refractivity contribution in [1.29, 1.82) is 0 Å². The molecule has 2 atom stereocenters. The number of benzene rings is 3.